The summed E-state index contributed by atoms with van der Waals surface area (Å²) >= 11 is 0. The van der Waals surface area contributed by atoms with Gasteiger partial charge in [-0.05, 0) is 19.4 Å². The van der Waals surface area contributed by atoms with Crippen molar-refractivity contribution in [2.75, 3.05) is 6.61 Å². The molecule has 0 aromatic heterocycles. The highest BCUT2D eigenvalue weighted by atomic mass is 16.5. The van der Waals surface area contributed by atoms with Gasteiger partial charge in [-0.3, -0.25) is 10.2 Å². The molecule has 0 saturated heterocycles. The van der Waals surface area contributed by atoms with Crippen LogP contribution in [0.1, 0.15) is 18.1 Å². The number of ether oxygens (including phenoxy) is 1. The van der Waals surface area contributed by atoms with Crippen molar-refractivity contribution in [3.05, 3.63) is 35.4 Å². The number of esters is 1. The van der Waals surface area contributed by atoms with Crippen LogP contribution in [0.25, 0.3) is 0 Å². The first-order valence-electron chi connectivity index (χ1n) is 5.39. The van der Waals surface area contributed by atoms with Crippen LogP contribution in [-0.4, -0.2) is 24.1 Å². The van der Waals surface area contributed by atoms with Gasteiger partial charge in [0.15, 0.2) is 11.5 Å². The van der Waals surface area contributed by atoms with E-state index in [1.54, 1.807) is 6.92 Å². The lowest BCUT2D eigenvalue weighted by atomic mass is 10.0. The van der Waals surface area contributed by atoms with Crippen LogP contribution in [-0.2, 0) is 20.7 Å². The SMILES string of the molecule is CCOC(=O)C(=N)C(=O)Cc1ccc(C)cc1. The Morgan fingerprint density at radius 2 is 1.82 bits per heavy atom. The summed E-state index contributed by atoms with van der Waals surface area (Å²) in [5.41, 5.74) is 1.30. The molecule has 4 nitrogen and oxygen atoms in total. The Kier molecular flexibility index (Phi) is 4.57. The second-order valence-corrected chi connectivity index (χ2v) is 3.68. The van der Waals surface area contributed by atoms with Crippen molar-refractivity contribution in [2.45, 2.75) is 20.3 Å². The van der Waals surface area contributed by atoms with Gasteiger partial charge in [0, 0.05) is 6.42 Å². The van der Waals surface area contributed by atoms with E-state index in [9.17, 15) is 9.59 Å². The quantitative estimate of drug-likeness (QED) is 0.478. The molecule has 0 bridgehead atoms. The smallest absolute Gasteiger partial charge is 0.359 e. The van der Waals surface area contributed by atoms with Crippen molar-refractivity contribution >= 4 is 17.5 Å². The molecule has 0 aliphatic carbocycles. The number of aryl methyl sites for hydroxylation is 1. The van der Waals surface area contributed by atoms with E-state index in [4.69, 9.17) is 5.41 Å². The maximum absolute atomic E-state index is 11.6. The van der Waals surface area contributed by atoms with E-state index in [-0.39, 0.29) is 13.0 Å². The Balaban J connectivity index is 2.63. The highest BCUT2D eigenvalue weighted by Crippen LogP contribution is 2.05. The van der Waals surface area contributed by atoms with Gasteiger partial charge >= 0.3 is 5.97 Å². The summed E-state index contributed by atoms with van der Waals surface area (Å²) < 4.78 is 4.60. The second kappa shape index (κ2) is 5.94. The van der Waals surface area contributed by atoms with E-state index >= 15 is 0 Å². The number of hydrogen-bond donors (Lipinski definition) is 1. The summed E-state index contributed by atoms with van der Waals surface area (Å²) in [7, 11) is 0. The topological polar surface area (TPSA) is 67.2 Å². The first kappa shape index (κ1) is 13.1. The molecule has 4 heteroatoms. The van der Waals surface area contributed by atoms with E-state index < -0.39 is 17.5 Å². The lowest BCUT2D eigenvalue weighted by molar-refractivity contribution is -0.135. The second-order valence-electron chi connectivity index (χ2n) is 3.68. The minimum Gasteiger partial charge on any atom is -0.461 e. The van der Waals surface area contributed by atoms with Gasteiger partial charge in [0.2, 0.25) is 0 Å². The molecule has 0 aliphatic rings. The van der Waals surface area contributed by atoms with Crippen LogP contribution in [0, 0.1) is 12.3 Å². The van der Waals surface area contributed by atoms with Gasteiger partial charge in [-0.25, -0.2) is 4.79 Å². The van der Waals surface area contributed by atoms with Crippen LogP contribution >= 0.6 is 0 Å². The Morgan fingerprint density at radius 3 is 2.35 bits per heavy atom. The van der Waals surface area contributed by atoms with Gasteiger partial charge in [-0.2, -0.15) is 0 Å². The summed E-state index contributed by atoms with van der Waals surface area (Å²) in [5, 5.41) is 7.37. The molecule has 1 rings (SSSR count). The van der Waals surface area contributed by atoms with Crippen LogP contribution in [0.5, 0.6) is 0 Å². The fourth-order valence-electron chi connectivity index (χ4n) is 1.30. The molecule has 0 unspecified atom stereocenters. The number of rotatable bonds is 5. The standard InChI is InChI=1S/C13H15NO3/c1-3-17-13(16)12(14)11(15)8-10-6-4-9(2)5-7-10/h4-7,14H,3,8H2,1-2H3. The zero-order valence-corrected chi connectivity index (χ0v) is 9.95. The largest absolute Gasteiger partial charge is 0.461 e. The summed E-state index contributed by atoms with van der Waals surface area (Å²) in [6.07, 6.45) is 0.0535. The van der Waals surface area contributed by atoms with E-state index in [0.29, 0.717) is 0 Å². The van der Waals surface area contributed by atoms with Crippen molar-refractivity contribution < 1.29 is 14.3 Å². The third-order valence-corrected chi connectivity index (χ3v) is 2.24. The van der Waals surface area contributed by atoms with Crippen LogP contribution in [0.3, 0.4) is 0 Å². The molecule has 0 spiro atoms. The van der Waals surface area contributed by atoms with Gasteiger partial charge in [0.25, 0.3) is 0 Å². The van der Waals surface area contributed by atoms with Gasteiger partial charge in [0.1, 0.15) is 0 Å². The normalized spacial score (nSPS) is 9.76. The molecule has 1 aromatic carbocycles. The molecule has 0 saturated carbocycles. The summed E-state index contributed by atoms with van der Waals surface area (Å²) in [5.74, 6) is -1.38. The highest BCUT2D eigenvalue weighted by Gasteiger charge is 2.19. The molecule has 0 aliphatic heterocycles. The Labute approximate surface area is 100 Å². The zero-order valence-electron chi connectivity index (χ0n) is 9.95. The molecule has 0 fully saturated rings. The van der Waals surface area contributed by atoms with Gasteiger partial charge in [-0.15, -0.1) is 0 Å². The van der Waals surface area contributed by atoms with E-state index in [1.165, 1.54) is 0 Å². The molecule has 17 heavy (non-hydrogen) atoms. The van der Waals surface area contributed by atoms with Crippen molar-refractivity contribution in [1.29, 1.82) is 5.41 Å². The molecule has 90 valence electrons. The summed E-state index contributed by atoms with van der Waals surface area (Å²) in [6, 6.07) is 7.39. The molecule has 0 radical (unpaired) electrons. The number of ketones is 1. The highest BCUT2D eigenvalue weighted by molar-refractivity contribution is 6.63. The third-order valence-electron chi connectivity index (χ3n) is 2.24. The Hall–Kier alpha value is -1.97. The fourth-order valence-corrected chi connectivity index (χ4v) is 1.30. The van der Waals surface area contributed by atoms with Crippen LogP contribution in [0.15, 0.2) is 24.3 Å². The number of Topliss-reactive ketones (excluding diaryl/α,β-unsaturated/α-hetero) is 1. The average molecular weight is 233 g/mol. The number of benzene rings is 1. The first-order chi connectivity index (χ1) is 8.04. The van der Waals surface area contributed by atoms with Gasteiger partial charge < -0.3 is 4.74 Å². The summed E-state index contributed by atoms with van der Waals surface area (Å²) in [6.45, 7) is 3.75. The first-order valence-corrected chi connectivity index (χ1v) is 5.39. The average Bonchev–Trinajstić information content (AvgIpc) is 2.31. The monoisotopic (exact) mass is 233 g/mol. The molecule has 1 aromatic rings. The molecule has 0 atom stereocenters. The maximum atomic E-state index is 11.6. The van der Waals surface area contributed by atoms with Crippen molar-refractivity contribution in [2.24, 2.45) is 0 Å². The maximum Gasteiger partial charge on any atom is 0.359 e. The Morgan fingerprint density at radius 1 is 1.24 bits per heavy atom. The molecular weight excluding hydrogens is 218 g/mol. The lowest BCUT2D eigenvalue weighted by Gasteiger charge is -2.03. The van der Waals surface area contributed by atoms with Crippen molar-refractivity contribution in [3.63, 3.8) is 0 Å². The Bertz CT molecular complexity index is 434. The minimum absolute atomic E-state index is 0.0535. The summed E-state index contributed by atoms with van der Waals surface area (Å²) in [4.78, 5) is 22.7. The molecular formula is C13H15NO3. The molecule has 0 heterocycles. The van der Waals surface area contributed by atoms with Crippen LogP contribution in [0.4, 0.5) is 0 Å². The lowest BCUT2D eigenvalue weighted by Crippen LogP contribution is -2.26. The fraction of sp³-hybridized carbons (Fsp3) is 0.308. The number of nitrogens with one attached hydrogen (secondary N) is 1. The van der Waals surface area contributed by atoms with E-state index in [0.717, 1.165) is 11.1 Å². The van der Waals surface area contributed by atoms with E-state index in [2.05, 4.69) is 4.74 Å². The third kappa shape index (κ3) is 3.83. The van der Waals surface area contributed by atoms with Crippen molar-refractivity contribution in [1.82, 2.24) is 0 Å². The van der Waals surface area contributed by atoms with Crippen LogP contribution in [0.2, 0.25) is 0 Å². The van der Waals surface area contributed by atoms with E-state index in [1.807, 2.05) is 31.2 Å². The zero-order chi connectivity index (χ0) is 12.8. The molecule has 0 amide bonds. The van der Waals surface area contributed by atoms with Crippen molar-refractivity contribution in [3.8, 4) is 0 Å². The number of carbonyl (C=O) groups is 2. The predicted octanol–water partition coefficient (Wildman–Crippen LogP) is 1.69. The molecule has 1 N–H and O–H groups in total. The minimum atomic E-state index is -0.857. The predicted molar refractivity (Wildman–Crippen MR) is 64.2 cm³/mol. The number of carbonyl (C=O) groups excluding carboxylic acids is 2. The van der Waals surface area contributed by atoms with Crippen LogP contribution < -0.4 is 0 Å². The van der Waals surface area contributed by atoms with Gasteiger partial charge in [0.05, 0.1) is 6.61 Å². The number of hydrogen-bond acceptors (Lipinski definition) is 4. The van der Waals surface area contributed by atoms with Gasteiger partial charge in [-0.1, -0.05) is 29.8 Å².